The molecule has 0 unspecified atom stereocenters. The number of ketones is 1. The van der Waals surface area contributed by atoms with E-state index in [0.717, 1.165) is 5.56 Å². The van der Waals surface area contributed by atoms with E-state index >= 15 is 0 Å². The first-order valence-corrected chi connectivity index (χ1v) is 4.73. The lowest BCUT2D eigenvalue weighted by atomic mass is 10.0. The number of nitrogens with two attached hydrogens (primary N) is 1. The van der Waals surface area contributed by atoms with Crippen molar-refractivity contribution in [1.82, 2.24) is 4.98 Å². The number of nitrogen functional groups attached to an aromatic ring is 1. The van der Waals surface area contributed by atoms with Gasteiger partial charge in [-0.3, -0.25) is 4.79 Å². The van der Waals surface area contributed by atoms with E-state index in [4.69, 9.17) is 5.73 Å². The van der Waals surface area contributed by atoms with E-state index in [2.05, 4.69) is 4.98 Å². The number of hydrogen-bond donors (Lipinski definition) is 2. The van der Waals surface area contributed by atoms with Crippen LogP contribution in [-0.2, 0) is 0 Å². The van der Waals surface area contributed by atoms with Crippen molar-refractivity contribution in [2.24, 2.45) is 0 Å². The van der Waals surface area contributed by atoms with E-state index in [1.165, 1.54) is 0 Å². The number of anilines is 1. The third-order valence-corrected chi connectivity index (χ3v) is 2.41. The van der Waals surface area contributed by atoms with E-state index in [1.807, 2.05) is 19.1 Å². The number of H-pyrrole nitrogens is 1. The van der Waals surface area contributed by atoms with Crippen molar-refractivity contribution in [3.05, 3.63) is 53.3 Å². The standard InChI is InChI=1S/C12H12N2O/c1-8-4-2-5-9(11(8)13)12(15)10-6-3-7-14-10/h2-7,14H,13H2,1H3. The van der Waals surface area contributed by atoms with E-state index < -0.39 is 0 Å². The van der Waals surface area contributed by atoms with Crippen LogP contribution < -0.4 is 5.73 Å². The van der Waals surface area contributed by atoms with Crippen LogP contribution in [0.25, 0.3) is 0 Å². The van der Waals surface area contributed by atoms with Crippen LogP contribution in [0.15, 0.2) is 36.5 Å². The lowest BCUT2D eigenvalue weighted by Crippen LogP contribution is -2.06. The van der Waals surface area contributed by atoms with Crippen molar-refractivity contribution >= 4 is 11.5 Å². The van der Waals surface area contributed by atoms with E-state index in [-0.39, 0.29) is 5.78 Å². The first kappa shape index (κ1) is 9.52. The number of carbonyl (C=O) groups is 1. The molecule has 2 rings (SSSR count). The first-order valence-electron chi connectivity index (χ1n) is 4.73. The maximum Gasteiger partial charge on any atom is 0.211 e. The molecule has 0 atom stereocenters. The summed E-state index contributed by atoms with van der Waals surface area (Å²) in [6, 6.07) is 9.00. The normalized spacial score (nSPS) is 10.2. The molecule has 0 aliphatic rings. The van der Waals surface area contributed by atoms with Gasteiger partial charge in [0.2, 0.25) is 5.78 Å². The highest BCUT2D eigenvalue weighted by atomic mass is 16.1. The highest BCUT2D eigenvalue weighted by Crippen LogP contribution is 2.19. The van der Waals surface area contributed by atoms with Crippen LogP contribution in [0.2, 0.25) is 0 Å². The van der Waals surface area contributed by atoms with Gasteiger partial charge in [-0.15, -0.1) is 0 Å². The second-order valence-corrected chi connectivity index (χ2v) is 3.45. The summed E-state index contributed by atoms with van der Waals surface area (Å²) in [5, 5.41) is 0. The van der Waals surface area contributed by atoms with Gasteiger partial charge in [-0.25, -0.2) is 0 Å². The topological polar surface area (TPSA) is 58.9 Å². The molecule has 3 nitrogen and oxygen atoms in total. The Morgan fingerprint density at radius 1 is 1.27 bits per heavy atom. The lowest BCUT2D eigenvalue weighted by molar-refractivity contribution is 0.103. The van der Waals surface area contributed by atoms with Gasteiger partial charge in [0.05, 0.1) is 5.69 Å². The van der Waals surface area contributed by atoms with E-state index in [1.54, 1.807) is 24.4 Å². The molecular formula is C12H12N2O. The van der Waals surface area contributed by atoms with Gasteiger partial charge in [-0.2, -0.15) is 0 Å². The monoisotopic (exact) mass is 200 g/mol. The summed E-state index contributed by atoms with van der Waals surface area (Å²) in [5.74, 6) is -0.0683. The van der Waals surface area contributed by atoms with E-state index in [9.17, 15) is 4.79 Å². The Morgan fingerprint density at radius 3 is 2.73 bits per heavy atom. The molecule has 2 aromatic rings. The summed E-state index contributed by atoms with van der Waals surface area (Å²) in [5.41, 5.74) is 8.45. The largest absolute Gasteiger partial charge is 0.398 e. The van der Waals surface area contributed by atoms with Crippen molar-refractivity contribution in [2.45, 2.75) is 6.92 Å². The Balaban J connectivity index is 2.47. The zero-order chi connectivity index (χ0) is 10.8. The number of nitrogens with one attached hydrogen (secondary N) is 1. The molecule has 0 bridgehead atoms. The molecule has 0 saturated carbocycles. The number of carbonyl (C=O) groups excluding carboxylic acids is 1. The Labute approximate surface area is 87.9 Å². The summed E-state index contributed by atoms with van der Waals surface area (Å²) < 4.78 is 0. The van der Waals surface area contributed by atoms with Gasteiger partial charge in [0, 0.05) is 17.4 Å². The fourth-order valence-corrected chi connectivity index (χ4v) is 1.50. The smallest absolute Gasteiger partial charge is 0.211 e. The molecule has 1 aromatic heterocycles. The number of aromatic nitrogens is 1. The highest BCUT2D eigenvalue weighted by Gasteiger charge is 2.13. The van der Waals surface area contributed by atoms with Crippen molar-refractivity contribution < 1.29 is 4.79 Å². The number of para-hydroxylation sites is 1. The van der Waals surface area contributed by atoms with Crippen LogP contribution >= 0.6 is 0 Å². The van der Waals surface area contributed by atoms with Crippen LogP contribution in [0.1, 0.15) is 21.6 Å². The number of hydrogen-bond acceptors (Lipinski definition) is 2. The molecule has 0 aliphatic heterocycles. The second-order valence-electron chi connectivity index (χ2n) is 3.45. The summed E-state index contributed by atoms with van der Waals surface area (Å²) in [6.45, 7) is 1.89. The molecule has 0 amide bonds. The Kier molecular flexibility index (Phi) is 2.29. The van der Waals surface area contributed by atoms with Crippen molar-refractivity contribution in [1.29, 1.82) is 0 Å². The van der Waals surface area contributed by atoms with Gasteiger partial charge >= 0.3 is 0 Å². The van der Waals surface area contributed by atoms with Gasteiger partial charge in [-0.05, 0) is 30.7 Å². The van der Waals surface area contributed by atoms with Gasteiger partial charge in [0.25, 0.3) is 0 Å². The number of aromatic amines is 1. The molecule has 1 aromatic carbocycles. The first-order chi connectivity index (χ1) is 7.20. The van der Waals surface area contributed by atoms with Crippen molar-refractivity contribution in [3.63, 3.8) is 0 Å². The second kappa shape index (κ2) is 3.61. The minimum atomic E-state index is -0.0683. The van der Waals surface area contributed by atoms with Crippen LogP contribution in [0, 0.1) is 6.92 Å². The third kappa shape index (κ3) is 1.64. The Hall–Kier alpha value is -2.03. The maximum absolute atomic E-state index is 12.0. The fourth-order valence-electron chi connectivity index (χ4n) is 1.50. The summed E-state index contributed by atoms with van der Waals surface area (Å²) in [6.07, 6.45) is 1.72. The zero-order valence-electron chi connectivity index (χ0n) is 8.45. The molecule has 0 spiro atoms. The minimum Gasteiger partial charge on any atom is -0.398 e. The van der Waals surface area contributed by atoms with Gasteiger partial charge in [-0.1, -0.05) is 12.1 Å². The zero-order valence-corrected chi connectivity index (χ0v) is 8.45. The van der Waals surface area contributed by atoms with Gasteiger partial charge < -0.3 is 10.7 Å². The lowest BCUT2D eigenvalue weighted by Gasteiger charge is -2.05. The van der Waals surface area contributed by atoms with Crippen molar-refractivity contribution in [2.75, 3.05) is 5.73 Å². The predicted molar refractivity (Wildman–Crippen MR) is 59.8 cm³/mol. The predicted octanol–water partition coefficient (Wildman–Crippen LogP) is 2.14. The summed E-state index contributed by atoms with van der Waals surface area (Å²) in [4.78, 5) is 14.8. The van der Waals surface area contributed by atoms with Gasteiger partial charge in [0.15, 0.2) is 0 Å². The molecule has 15 heavy (non-hydrogen) atoms. The summed E-state index contributed by atoms with van der Waals surface area (Å²) >= 11 is 0. The molecular weight excluding hydrogens is 188 g/mol. The molecule has 0 fully saturated rings. The molecule has 3 heteroatoms. The SMILES string of the molecule is Cc1cccc(C(=O)c2ccc[nH]2)c1N. The van der Waals surface area contributed by atoms with Crippen LogP contribution in [-0.4, -0.2) is 10.8 Å². The van der Waals surface area contributed by atoms with Crippen LogP contribution in [0.5, 0.6) is 0 Å². The van der Waals surface area contributed by atoms with Gasteiger partial charge in [0.1, 0.15) is 0 Å². The van der Waals surface area contributed by atoms with Crippen molar-refractivity contribution in [3.8, 4) is 0 Å². The maximum atomic E-state index is 12.0. The fraction of sp³-hybridized carbons (Fsp3) is 0.0833. The molecule has 3 N–H and O–H groups in total. The third-order valence-electron chi connectivity index (χ3n) is 2.41. The minimum absolute atomic E-state index is 0.0683. The number of rotatable bonds is 2. The van der Waals surface area contributed by atoms with E-state index in [0.29, 0.717) is 16.9 Å². The summed E-state index contributed by atoms with van der Waals surface area (Å²) in [7, 11) is 0. The average molecular weight is 200 g/mol. The molecule has 76 valence electrons. The Bertz CT molecular complexity index is 486. The Morgan fingerprint density at radius 2 is 2.07 bits per heavy atom. The number of benzene rings is 1. The molecule has 0 saturated heterocycles. The molecule has 1 heterocycles. The quantitative estimate of drug-likeness (QED) is 0.576. The average Bonchev–Trinajstić information content (AvgIpc) is 2.74. The van der Waals surface area contributed by atoms with Crippen LogP contribution in [0.4, 0.5) is 5.69 Å². The molecule has 0 aliphatic carbocycles. The van der Waals surface area contributed by atoms with Crippen LogP contribution in [0.3, 0.4) is 0 Å². The molecule has 0 radical (unpaired) electrons. The highest BCUT2D eigenvalue weighted by molar-refractivity contribution is 6.11. The number of aryl methyl sites for hydroxylation is 1.